The van der Waals surface area contributed by atoms with E-state index in [1.165, 1.54) is 12.1 Å². The van der Waals surface area contributed by atoms with Crippen molar-refractivity contribution in [2.45, 2.75) is 6.61 Å². The number of hydrogen-bond donors (Lipinski definition) is 1. The molecule has 1 aromatic heterocycles. The minimum absolute atomic E-state index is 0.0488. The smallest absolute Gasteiger partial charge is 0.355 e. The second kappa shape index (κ2) is 5.14. The van der Waals surface area contributed by atoms with Gasteiger partial charge in [0.1, 0.15) is 18.1 Å². The summed E-state index contributed by atoms with van der Waals surface area (Å²) in [6, 6.07) is 7.56. The van der Waals surface area contributed by atoms with Crippen molar-refractivity contribution < 1.29 is 13.9 Å². The Morgan fingerprint density at radius 3 is 2.88 bits per heavy atom. The molecule has 5 heteroatoms. The average molecular weight is 298 g/mol. The molecule has 0 aliphatic heterocycles. The Morgan fingerprint density at radius 2 is 2.24 bits per heavy atom. The van der Waals surface area contributed by atoms with Crippen molar-refractivity contribution in [2.75, 3.05) is 0 Å². The van der Waals surface area contributed by atoms with Crippen LogP contribution in [0.5, 0.6) is 0 Å². The van der Waals surface area contributed by atoms with Gasteiger partial charge in [0.15, 0.2) is 0 Å². The minimum atomic E-state index is -0.472. The summed E-state index contributed by atoms with van der Waals surface area (Å²) in [6.07, 6.45) is 1.64. The van der Waals surface area contributed by atoms with Gasteiger partial charge in [-0.15, -0.1) is 0 Å². The van der Waals surface area contributed by atoms with E-state index >= 15 is 0 Å². The van der Waals surface area contributed by atoms with Crippen molar-refractivity contribution in [1.82, 2.24) is 4.98 Å². The second-order valence-corrected chi connectivity index (χ2v) is 4.35. The molecule has 0 saturated heterocycles. The number of hydrogen-bond acceptors (Lipinski definition) is 2. The predicted molar refractivity (Wildman–Crippen MR) is 64.0 cm³/mol. The summed E-state index contributed by atoms with van der Waals surface area (Å²) < 4.78 is 18.7. The zero-order chi connectivity index (χ0) is 12.3. The fourth-order valence-electron chi connectivity index (χ4n) is 1.34. The van der Waals surface area contributed by atoms with Gasteiger partial charge < -0.3 is 9.72 Å². The number of aromatic nitrogens is 1. The van der Waals surface area contributed by atoms with Crippen LogP contribution in [-0.2, 0) is 11.3 Å². The van der Waals surface area contributed by atoms with Gasteiger partial charge in [0.05, 0.1) is 0 Å². The highest BCUT2D eigenvalue weighted by Gasteiger charge is 2.09. The lowest BCUT2D eigenvalue weighted by atomic mass is 10.2. The maximum atomic E-state index is 12.9. The highest BCUT2D eigenvalue weighted by Crippen LogP contribution is 2.12. The van der Waals surface area contributed by atoms with Gasteiger partial charge in [0, 0.05) is 10.7 Å². The normalized spacial score (nSPS) is 10.2. The predicted octanol–water partition coefficient (Wildman–Crippen LogP) is 3.27. The molecule has 88 valence electrons. The summed E-state index contributed by atoms with van der Waals surface area (Å²) in [6.45, 7) is 0.0488. The van der Waals surface area contributed by atoms with E-state index in [4.69, 9.17) is 4.74 Å². The third kappa shape index (κ3) is 3.17. The van der Waals surface area contributed by atoms with E-state index in [2.05, 4.69) is 20.9 Å². The van der Waals surface area contributed by atoms with Crippen LogP contribution >= 0.6 is 15.9 Å². The zero-order valence-electron chi connectivity index (χ0n) is 8.74. The van der Waals surface area contributed by atoms with Gasteiger partial charge >= 0.3 is 5.97 Å². The number of rotatable bonds is 3. The Bertz CT molecular complexity index is 539. The third-order valence-electron chi connectivity index (χ3n) is 2.13. The van der Waals surface area contributed by atoms with E-state index in [1.807, 2.05) is 0 Å². The number of esters is 1. The molecule has 0 aliphatic rings. The molecule has 0 atom stereocenters. The third-order valence-corrected chi connectivity index (χ3v) is 2.58. The van der Waals surface area contributed by atoms with E-state index < -0.39 is 5.97 Å². The number of carbonyl (C=O) groups excluding carboxylic acids is 1. The van der Waals surface area contributed by atoms with Crippen molar-refractivity contribution >= 4 is 21.9 Å². The van der Waals surface area contributed by atoms with Gasteiger partial charge in [-0.25, -0.2) is 9.18 Å². The van der Waals surface area contributed by atoms with Gasteiger partial charge in [-0.05, 0) is 39.7 Å². The number of H-pyrrole nitrogens is 1. The molecular formula is C12H9BrFNO2. The van der Waals surface area contributed by atoms with Crippen molar-refractivity contribution in [3.8, 4) is 0 Å². The maximum Gasteiger partial charge on any atom is 0.355 e. The summed E-state index contributed by atoms with van der Waals surface area (Å²) >= 11 is 3.22. The fraction of sp³-hybridized carbons (Fsp3) is 0.0833. The van der Waals surface area contributed by atoms with Crippen molar-refractivity contribution in [1.29, 1.82) is 0 Å². The molecule has 17 heavy (non-hydrogen) atoms. The number of ether oxygens (including phenoxy) is 1. The number of carbonyl (C=O) groups is 1. The molecule has 0 spiro atoms. The summed E-state index contributed by atoms with van der Waals surface area (Å²) in [5, 5.41) is 0. The number of nitrogens with one attached hydrogen (secondary N) is 1. The van der Waals surface area contributed by atoms with Crippen LogP contribution in [-0.4, -0.2) is 11.0 Å². The second-order valence-electron chi connectivity index (χ2n) is 3.44. The Morgan fingerprint density at radius 1 is 1.41 bits per heavy atom. The lowest BCUT2D eigenvalue weighted by Crippen LogP contribution is -2.05. The van der Waals surface area contributed by atoms with E-state index in [9.17, 15) is 9.18 Å². The van der Waals surface area contributed by atoms with E-state index in [0.717, 1.165) is 4.47 Å². The van der Waals surface area contributed by atoms with Gasteiger partial charge in [-0.1, -0.05) is 12.1 Å². The van der Waals surface area contributed by atoms with Crippen LogP contribution in [0.1, 0.15) is 16.1 Å². The molecule has 2 aromatic rings. The maximum absolute atomic E-state index is 12.9. The van der Waals surface area contributed by atoms with E-state index in [-0.39, 0.29) is 12.4 Å². The lowest BCUT2D eigenvalue weighted by molar-refractivity contribution is 0.0466. The molecule has 0 radical (unpaired) electrons. The molecular weight excluding hydrogens is 289 g/mol. The summed E-state index contributed by atoms with van der Waals surface area (Å²) in [5.74, 6) is -0.818. The van der Waals surface area contributed by atoms with Crippen LogP contribution in [0.2, 0.25) is 0 Å². The highest BCUT2D eigenvalue weighted by atomic mass is 79.9. The van der Waals surface area contributed by atoms with E-state index in [1.54, 1.807) is 24.4 Å². The van der Waals surface area contributed by atoms with Crippen LogP contribution in [0.3, 0.4) is 0 Å². The van der Waals surface area contributed by atoms with Crippen molar-refractivity contribution in [2.24, 2.45) is 0 Å². The molecule has 0 aliphatic carbocycles. The van der Waals surface area contributed by atoms with Gasteiger partial charge in [0.25, 0.3) is 0 Å². The first-order chi connectivity index (χ1) is 8.15. The van der Waals surface area contributed by atoms with Crippen LogP contribution in [0, 0.1) is 5.82 Å². The molecule has 1 N–H and O–H groups in total. The van der Waals surface area contributed by atoms with Crippen LogP contribution in [0.15, 0.2) is 41.0 Å². The van der Waals surface area contributed by atoms with Crippen LogP contribution in [0.25, 0.3) is 0 Å². The monoisotopic (exact) mass is 297 g/mol. The zero-order valence-corrected chi connectivity index (χ0v) is 10.3. The summed E-state index contributed by atoms with van der Waals surface area (Å²) in [7, 11) is 0. The molecule has 1 heterocycles. The van der Waals surface area contributed by atoms with E-state index in [0.29, 0.717) is 11.3 Å². The van der Waals surface area contributed by atoms with Crippen molar-refractivity contribution in [3.63, 3.8) is 0 Å². The molecule has 0 fully saturated rings. The molecule has 0 bridgehead atoms. The largest absolute Gasteiger partial charge is 0.456 e. The SMILES string of the molecule is O=C(OCc1cccc(F)c1)c1cc(Br)c[nH]1. The van der Waals surface area contributed by atoms with Gasteiger partial charge in [-0.2, -0.15) is 0 Å². The van der Waals surface area contributed by atoms with Crippen LogP contribution in [0.4, 0.5) is 4.39 Å². The fourth-order valence-corrected chi connectivity index (χ4v) is 1.68. The molecule has 1 aromatic carbocycles. The average Bonchev–Trinajstić information content (AvgIpc) is 2.73. The molecule has 2 rings (SSSR count). The Hall–Kier alpha value is -1.62. The molecule has 0 amide bonds. The number of benzene rings is 1. The first-order valence-electron chi connectivity index (χ1n) is 4.90. The highest BCUT2D eigenvalue weighted by molar-refractivity contribution is 9.10. The molecule has 0 saturated carbocycles. The Kier molecular flexibility index (Phi) is 3.58. The summed E-state index contributed by atoms with van der Waals surface area (Å²) in [4.78, 5) is 14.3. The Labute approximate surface area is 106 Å². The van der Waals surface area contributed by atoms with Gasteiger partial charge in [0.2, 0.25) is 0 Å². The number of aromatic amines is 1. The topological polar surface area (TPSA) is 42.1 Å². The first kappa shape index (κ1) is 11.9. The molecule has 0 unspecified atom stereocenters. The minimum Gasteiger partial charge on any atom is -0.456 e. The Balaban J connectivity index is 1.97. The van der Waals surface area contributed by atoms with Gasteiger partial charge in [-0.3, -0.25) is 0 Å². The number of halogens is 2. The standard InChI is InChI=1S/C12H9BrFNO2/c13-9-5-11(15-6-9)12(16)17-7-8-2-1-3-10(14)4-8/h1-6,15H,7H2. The summed E-state index contributed by atoms with van der Waals surface area (Å²) in [5.41, 5.74) is 0.970. The van der Waals surface area contributed by atoms with Crippen molar-refractivity contribution in [3.05, 3.63) is 58.1 Å². The molecule has 3 nitrogen and oxygen atoms in total. The lowest BCUT2D eigenvalue weighted by Gasteiger charge is -2.03. The first-order valence-corrected chi connectivity index (χ1v) is 5.70. The van der Waals surface area contributed by atoms with Crippen LogP contribution < -0.4 is 0 Å². The quantitative estimate of drug-likeness (QED) is 0.884.